The fourth-order valence-electron chi connectivity index (χ4n) is 1.14. The van der Waals surface area contributed by atoms with Crippen molar-refractivity contribution in [3.05, 3.63) is 33.8 Å². The third kappa shape index (κ3) is 2.82. The second-order valence-corrected chi connectivity index (χ2v) is 3.69. The Balaban J connectivity index is 3.00. The van der Waals surface area contributed by atoms with Crippen molar-refractivity contribution >= 4 is 21.9 Å². The van der Waals surface area contributed by atoms with Gasteiger partial charge in [0, 0.05) is 11.6 Å². The molecule has 0 heterocycles. The minimum absolute atomic E-state index is 0.344. The van der Waals surface area contributed by atoms with Gasteiger partial charge < -0.3 is 9.47 Å². The Labute approximate surface area is 91.1 Å². The van der Waals surface area contributed by atoms with Crippen LogP contribution in [0.2, 0.25) is 0 Å². The molecule has 1 aromatic carbocycles. The SMILES string of the molecule is COCc1cc(Br)cc(C(=O)OC)c1. The van der Waals surface area contributed by atoms with Crippen LogP contribution in [0.25, 0.3) is 0 Å². The standard InChI is InChI=1S/C10H11BrO3/c1-13-6-7-3-8(10(12)14-2)5-9(11)4-7/h3-5H,6H2,1-2H3. The number of benzene rings is 1. The molecule has 14 heavy (non-hydrogen) atoms. The van der Waals surface area contributed by atoms with Crippen LogP contribution in [-0.4, -0.2) is 20.2 Å². The van der Waals surface area contributed by atoms with Gasteiger partial charge in [0.25, 0.3) is 0 Å². The summed E-state index contributed by atoms with van der Waals surface area (Å²) in [5, 5.41) is 0. The van der Waals surface area contributed by atoms with Crippen LogP contribution in [0.4, 0.5) is 0 Å². The van der Waals surface area contributed by atoms with Crippen LogP contribution in [-0.2, 0) is 16.1 Å². The van der Waals surface area contributed by atoms with Gasteiger partial charge in [0.2, 0.25) is 0 Å². The van der Waals surface area contributed by atoms with Crippen LogP contribution in [0.15, 0.2) is 22.7 Å². The number of carbonyl (C=O) groups is 1. The molecule has 3 nitrogen and oxygen atoms in total. The molecule has 0 spiro atoms. The molecule has 0 saturated carbocycles. The number of ether oxygens (including phenoxy) is 2. The molecule has 0 fully saturated rings. The summed E-state index contributed by atoms with van der Waals surface area (Å²) in [5.41, 5.74) is 1.45. The number of hydrogen-bond donors (Lipinski definition) is 0. The molecule has 1 aromatic rings. The Bertz CT molecular complexity index is 336. The fourth-order valence-corrected chi connectivity index (χ4v) is 1.68. The second-order valence-electron chi connectivity index (χ2n) is 2.77. The first-order valence-electron chi connectivity index (χ1n) is 4.04. The molecule has 76 valence electrons. The quantitative estimate of drug-likeness (QED) is 0.782. The fraction of sp³-hybridized carbons (Fsp3) is 0.300. The van der Waals surface area contributed by atoms with E-state index in [0.717, 1.165) is 10.0 Å². The third-order valence-corrected chi connectivity index (χ3v) is 2.15. The largest absolute Gasteiger partial charge is 0.465 e. The lowest BCUT2D eigenvalue weighted by molar-refractivity contribution is 0.0600. The van der Waals surface area contributed by atoms with Crippen molar-refractivity contribution in [1.82, 2.24) is 0 Å². The van der Waals surface area contributed by atoms with Gasteiger partial charge >= 0.3 is 5.97 Å². The number of rotatable bonds is 3. The molecule has 0 aliphatic heterocycles. The molecular formula is C10H11BrO3. The van der Waals surface area contributed by atoms with Crippen molar-refractivity contribution < 1.29 is 14.3 Å². The van der Waals surface area contributed by atoms with Crippen LogP contribution >= 0.6 is 15.9 Å². The van der Waals surface area contributed by atoms with E-state index in [1.54, 1.807) is 19.2 Å². The summed E-state index contributed by atoms with van der Waals surface area (Å²) < 4.78 is 10.4. The highest BCUT2D eigenvalue weighted by atomic mass is 79.9. The van der Waals surface area contributed by atoms with Crippen molar-refractivity contribution in [2.75, 3.05) is 14.2 Å². The predicted molar refractivity (Wildman–Crippen MR) is 56.2 cm³/mol. The molecule has 4 heteroatoms. The first-order chi connectivity index (χ1) is 6.67. The lowest BCUT2D eigenvalue weighted by Crippen LogP contribution is -2.02. The maximum Gasteiger partial charge on any atom is 0.337 e. The van der Waals surface area contributed by atoms with Crippen LogP contribution < -0.4 is 0 Å². The summed E-state index contributed by atoms with van der Waals surface area (Å²) in [6.07, 6.45) is 0. The number of methoxy groups -OCH3 is 2. The summed E-state index contributed by atoms with van der Waals surface area (Å²) in [7, 11) is 2.97. The van der Waals surface area contributed by atoms with Gasteiger partial charge in [-0.05, 0) is 23.8 Å². The predicted octanol–water partition coefficient (Wildman–Crippen LogP) is 2.38. The average Bonchev–Trinajstić information content (AvgIpc) is 2.16. The van der Waals surface area contributed by atoms with Crippen molar-refractivity contribution in [2.45, 2.75) is 6.61 Å². The van der Waals surface area contributed by atoms with E-state index < -0.39 is 0 Å². The van der Waals surface area contributed by atoms with Gasteiger partial charge in [-0.3, -0.25) is 0 Å². The van der Waals surface area contributed by atoms with Crippen LogP contribution in [0.5, 0.6) is 0 Å². The Kier molecular flexibility index (Phi) is 4.10. The average molecular weight is 259 g/mol. The van der Waals surface area contributed by atoms with Crippen LogP contribution in [0.3, 0.4) is 0 Å². The molecule has 1 rings (SSSR count). The topological polar surface area (TPSA) is 35.5 Å². The second kappa shape index (κ2) is 5.12. The number of halogens is 1. The molecule has 0 N–H and O–H groups in total. The van der Waals surface area contributed by atoms with E-state index in [0.29, 0.717) is 12.2 Å². The first-order valence-corrected chi connectivity index (χ1v) is 4.83. The molecule has 0 aliphatic rings. The lowest BCUT2D eigenvalue weighted by Gasteiger charge is -2.04. The van der Waals surface area contributed by atoms with Gasteiger partial charge in [0.15, 0.2) is 0 Å². The Hall–Kier alpha value is -0.870. The zero-order valence-electron chi connectivity index (χ0n) is 8.04. The van der Waals surface area contributed by atoms with Gasteiger partial charge in [-0.2, -0.15) is 0 Å². The van der Waals surface area contributed by atoms with E-state index >= 15 is 0 Å². The summed E-state index contributed by atoms with van der Waals surface area (Å²) in [4.78, 5) is 11.2. The smallest absolute Gasteiger partial charge is 0.337 e. The van der Waals surface area contributed by atoms with Crippen molar-refractivity contribution in [3.8, 4) is 0 Å². The normalized spacial score (nSPS) is 9.93. The summed E-state index contributed by atoms with van der Waals surface area (Å²) in [6.45, 7) is 0.476. The molecule has 0 unspecified atom stereocenters. The molecule has 0 aliphatic carbocycles. The molecule has 0 atom stereocenters. The Morgan fingerprint density at radius 1 is 1.36 bits per heavy atom. The summed E-state index contributed by atoms with van der Waals surface area (Å²) in [6, 6.07) is 5.36. The number of esters is 1. The highest BCUT2D eigenvalue weighted by Gasteiger charge is 2.07. The van der Waals surface area contributed by atoms with Crippen LogP contribution in [0.1, 0.15) is 15.9 Å². The van der Waals surface area contributed by atoms with E-state index in [4.69, 9.17) is 4.74 Å². The maximum atomic E-state index is 11.2. The molecule has 0 amide bonds. The molecule has 0 radical (unpaired) electrons. The highest BCUT2D eigenvalue weighted by molar-refractivity contribution is 9.10. The summed E-state index contributed by atoms with van der Waals surface area (Å²) >= 11 is 3.32. The van der Waals surface area contributed by atoms with Crippen LogP contribution in [0, 0.1) is 0 Å². The maximum absolute atomic E-state index is 11.2. The molecule has 0 bridgehead atoms. The Morgan fingerprint density at radius 2 is 2.07 bits per heavy atom. The van der Waals surface area contributed by atoms with Crippen molar-refractivity contribution in [3.63, 3.8) is 0 Å². The monoisotopic (exact) mass is 258 g/mol. The van der Waals surface area contributed by atoms with Gasteiger partial charge in [-0.1, -0.05) is 15.9 Å². The van der Waals surface area contributed by atoms with Gasteiger partial charge in [-0.15, -0.1) is 0 Å². The summed E-state index contributed by atoms with van der Waals surface area (Å²) in [5.74, 6) is -0.344. The van der Waals surface area contributed by atoms with Crippen molar-refractivity contribution in [2.24, 2.45) is 0 Å². The third-order valence-electron chi connectivity index (χ3n) is 1.69. The van der Waals surface area contributed by atoms with Gasteiger partial charge in [0.05, 0.1) is 19.3 Å². The van der Waals surface area contributed by atoms with E-state index in [-0.39, 0.29) is 5.97 Å². The van der Waals surface area contributed by atoms with Gasteiger partial charge in [0.1, 0.15) is 0 Å². The highest BCUT2D eigenvalue weighted by Crippen LogP contribution is 2.17. The Morgan fingerprint density at radius 3 is 2.64 bits per heavy atom. The number of carbonyl (C=O) groups excluding carboxylic acids is 1. The molecule has 0 saturated heterocycles. The molecular weight excluding hydrogens is 248 g/mol. The van der Waals surface area contributed by atoms with E-state index in [2.05, 4.69) is 20.7 Å². The van der Waals surface area contributed by atoms with E-state index in [9.17, 15) is 4.79 Å². The lowest BCUT2D eigenvalue weighted by atomic mass is 10.1. The first kappa shape index (κ1) is 11.2. The van der Waals surface area contributed by atoms with E-state index in [1.165, 1.54) is 7.11 Å². The van der Waals surface area contributed by atoms with E-state index in [1.807, 2.05) is 6.07 Å². The zero-order valence-corrected chi connectivity index (χ0v) is 9.63. The van der Waals surface area contributed by atoms with Gasteiger partial charge in [-0.25, -0.2) is 4.79 Å². The zero-order chi connectivity index (χ0) is 10.6. The van der Waals surface area contributed by atoms with Crippen molar-refractivity contribution in [1.29, 1.82) is 0 Å². The number of hydrogen-bond acceptors (Lipinski definition) is 3. The minimum atomic E-state index is -0.344. The minimum Gasteiger partial charge on any atom is -0.465 e. The molecule has 0 aromatic heterocycles.